The first-order valence-electron chi connectivity index (χ1n) is 5.78. The van der Waals surface area contributed by atoms with Gasteiger partial charge in [-0.2, -0.15) is 5.10 Å². The largest absolute Gasteiger partial charge is 0.490 e. The molecular weight excluding hydrogens is 258 g/mol. The van der Waals surface area contributed by atoms with Gasteiger partial charge in [0.15, 0.2) is 5.11 Å². The van der Waals surface area contributed by atoms with Crippen LogP contribution in [-0.4, -0.2) is 24.5 Å². The van der Waals surface area contributed by atoms with Crippen molar-refractivity contribution in [3.05, 3.63) is 55.1 Å². The van der Waals surface area contributed by atoms with Gasteiger partial charge in [0.25, 0.3) is 0 Å². The van der Waals surface area contributed by atoms with Crippen LogP contribution in [0.4, 0.5) is 0 Å². The van der Waals surface area contributed by atoms with Gasteiger partial charge in [0.05, 0.1) is 6.21 Å². The zero-order valence-corrected chi connectivity index (χ0v) is 11.5. The maximum atomic E-state index is 5.43. The Morgan fingerprint density at radius 2 is 2.21 bits per heavy atom. The monoisotopic (exact) mass is 275 g/mol. The van der Waals surface area contributed by atoms with Crippen LogP contribution in [0.5, 0.6) is 5.75 Å². The summed E-state index contributed by atoms with van der Waals surface area (Å²) in [6.07, 6.45) is 5.09. The first-order valence-corrected chi connectivity index (χ1v) is 6.18. The van der Waals surface area contributed by atoms with Crippen molar-refractivity contribution in [2.24, 2.45) is 5.10 Å². The molecule has 0 aliphatic carbocycles. The molecule has 5 heteroatoms. The van der Waals surface area contributed by atoms with Crippen LogP contribution in [0.15, 0.2) is 54.7 Å². The predicted molar refractivity (Wildman–Crippen MR) is 83.7 cm³/mol. The topological polar surface area (TPSA) is 45.7 Å². The summed E-state index contributed by atoms with van der Waals surface area (Å²) in [6, 6.07) is 7.58. The molecule has 0 aliphatic heterocycles. The van der Waals surface area contributed by atoms with Crippen LogP contribution in [0.25, 0.3) is 0 Å². The Bertz CT molecular complexity index is 472. The van der Waals surface area contributed by atoms with Gasteiger partial charge in [-0.1, -0.05) is 30.9 Å². The fourth-order valence-electron chi connectivity index (χ4n) is 1.21. The van der Waals surface area contributed by atoms with E-state index >= 15 is 0 Å². The number of ether oxygens (including phenoxy) is 1. The molecule has 1 aromatic rings. The highest BCUT2D eigenvalue weighted by molar-refractivity contribution is 7.80. The molecule has 19 heavy (non-hydrogen) atoms. The van der Waals surface area contributed by atoms with E-state index in [0.717, 1.165) is 11.3 Å². The van der Waals surface area contributed by atoms with Gasteiger partial charge >= 0.3 is 0 Å². The molecule has 0 saturated heterocycles. The second-order valence-corrected chi connectivity index (χ2v) is 3.95. The Morgan fingerprint density at radius 3 is 2.95 bits per heavy atom. The van der Waals surface area contributed by atoms with Crippen molar-refractivity contribution in [1.82, 2.24) is 10.7 Å². The van der Waals surface area contributed by atoms with E-state index in [9.17, 15) is 0 Å². The summed E-state index contributed by atoms with van der Waals surface area (Å²) in [6.45, 7) is 8.27. The summed E-state index contributed by atoms with van der Waals surface area (Å²) < 4.78 is 5.43. The average Bonchev–Trinajstić information content (AvgIpc) is 2.43. The third-order valence-corrected chi connectivity index (χ3v) is 2.25. The van der Waals surface area contributed by atoms with Gasteiger partial charge in [0, 0.05) is 6.54 Å². The van der Waals surface area contributed by atoms with E-state index < -0.39 is 0 Å². The van der Waals surface area contributed by atoms with Gasteiger partial charge in [-0.25, -0.2) is 0 Å². The van der Waals surface area contributed by atoms with Crippen molar-refractivity contribution in [1.29, 1.82) is 0 Å². The van der Waals surface area contributed by atoms with Crippen molar-refractivity contribution < 1.29 is 4.74 Å². The molecule has 0 spiro atoms. The Hall–Kier alpha value is -2.14. The summed E-state index contributed by atoms with van der Waals surface area (Å²) >= 11 is 5.00. The van der Waals surface area contributed by atoms with E-state index in [1.807, 2.05) is 24.3 Å². The Balaban J connectivity index is 2.49. The number of nitrogens with one attached hydrogen (secondary N) is 2. The van der Waals surface area contributed by atoms with Gasteiger partial charge in [-0.3, -0.25) is 5.43 Å². The summed E-state index contributed by atoms with van der Waals surface area (Å²) in [5.41, 5.74) is 3.63. The zero-order valence-electron chi connectivity index (χ0n) is 10.6. The molecule has 1 aromatic carbocycles. The van der Waals surface area contributed by atoms with Gasteiger partial charge in [0.1, 0.15) is 12.4 Å². The first kappa shape index (κ1) is 14.9. The average molecular weight is 275 g/mol. The lowest BCUT2D eigenvalue weighted by atomic mass is 10.2. The van der Waals surface area contributed by atoms with Crippen LogP contribution in [0.1, 0.15) is 5.56 Å². The van der Waals surface area contributed by atoms with Crippen LogP contribution < -0.4 is 15.5 Å². The van der Waals surface area contributed by atoms with E-state index in [2.05, 4.69) is 29.0 Å². The van der Waals surface area contributed by atoms with Gasteiger partial charge in [-0.15, -0.1) is 6.58 Å². The van der Waals surface area contributed by atoms with Crippen molar-refractivity contribution in [3.63, 3.8) is 0 Å². The number of rotatable bonds is 7. The number of benzene rings is 1. The maximum Gasteiger partial charge on any atom is 0.187 e. The first-order chi connectivity index (χ1) is 9.26. The molecule has 100 valence electrons. The number of hydrogen-bond acceptors (Lipinski definition) is 3. The summed E-state index contributed by atoms with van der Waals surface area (Å²) in [5, 5.41) is 7.39. The second kappa shape index (κ2) is 8.88. The lowest BCUT2D eigenvalue weighted by molar-refractivity contribution is 0.363. The van der Waals surface area contributed by atoms with Crippen LogP contribution >= 0.6 is 12.2 Å². The molecule has 0 aromatic heterocycles. The fraction of sp³-hybridized carbons (Fsp3) is 0.143. The maximum absolute atomic E-state index is 5.43. The summed E-state index contributed by atoms with van der Waals surface area (Å²) in [7, 11) is 0. The summed E-state index contributed by atoms with van der Waals surface area (Å²) in [5.74, 6) is 0.774. The van der Waals surface area contributed by atoms with Crippen molar-refractivity contribution in [2.45, 2.75) is 0 Å². The Labute approximate surface area is 118 Å². The van der Waals surface area contributed by atoms with Crippen LogP contribution in [0.2, 0.25) is 0 Å². The molecule has 0 atom stereocenters. The molecule has 0 bridgehead atoms. The smallest absolute Gasteiger partial charge is 0.187 e. The SMILES string of the molecule is C=CCNC(=S)N/N=C\c1cccc(OCC=C)c1. The normalized spacial score (nSPS) is 9.89. The third-order valence-electron chi connectivity index (χ3n) is 2.01. The highest BCUT2D eigenvalue weighted by Gasteiger charge is 1.94. The fourth-order valence-corrected chi connectivity index (χ4v) is 1.35. The molecule has 0 radical (unpaired) electrons. The lowest BCUT2D eigenvalue weighted by Crippen LogP contribution is -2.31. The van der Waals surface area contributed by atoms with Crippen molar-refractivity contribution in [3.8, 4) is 5.75 Å². The highest BCUT2D eigenvalue weighted by atomic mass is 32.1. The lowest BCUT2D eigenvalue weighted by Gasteiger charge is -2.04. The molecule has 4 nitrogen and oxygen atoms in total. The molecule has 0 unspecified atom stereocenters. The molecule has 0 amide bonds. The van der Waals surface area contributed by atoms with Gasteiger partial charge in [-0.05, 0) is 29.9 Å². The Kier molecular flexibility index (Phi) is 6.97. The highest BCUT2D eigenvalue weighted by Crippen LogP contribution is 2.11. The Morgan fingerprint density at radius 1 is 1.37 bits per heavy atom. The minimum Gasteiger partial charge on any atom is -0.490 e. The summed E-state index contributed by atoms with van der Waals surface area (Å²) in [4.78, 5) is 0. The molecule has 0 heterocycles. The third kappa shape index (κ3) is 6.38. The molecule has 2 N–H and O–H groups in total. The molecular formula is C14H17N3OS. The number of hydrogen-bond donors (Lipinski definition) is 2. The van der Waals surface area contributed by atoms with Crippen LogP contribution in [0.3, 0.4) is 0 Å². The molecule has 0 aliphatic rings. The van der Waals surface area contributed by atoms with E-state index in [1.165, 1.54) is 0 Å². The second-order valence-electron chi connectivity index (χ2n) is 3.54. The van der Waals surface area contributed by atoms with Crippen molar-refractivity contribution >= 4 is 23.5 Å². The van der Waals surface area contributed by atoms with E-state index in [-0.39, 0.29) is 0 Å². The number of nitrogens with zero attached hydrogens (tertiary/aromatic N) is 1. The van der Waals surface area contributed by atoms with Crippen LogP contribution in [0, 0.1) is 0 Å². The minimum absolute atomic E-state index is 0.454. The van der Waals surface area contributed by atoms with Gasteiger partial charge in [0.2, 0.25) is 0 Å². The molecule has 0 saturated carbocycles. The number of thiocarbonyl (C=S) groups is 1. The minimum atomic E-state index is 0.454. The van der Waals surface area contributed by atoms with Crippen molar-refractivity contribution in [2.75, 3.05) is 13.2 Å². The van der Waals surface area contributed by atoms with E-state index in [4.69, 9.17) is 17.0 Å². The van der Waals surface area contributed by atoms with E-state index in [0.29, 0.717) is 18.3 Å². The standard InChI is InChI=1S/C14H17N3OS/c1-3-8-15-14(19)17-16-11-12-6-5-7-13(10-12)18-9-4-2/h3-7,10-11H,1-2,8-9H2,(H2,15,17,19)/b16-11-. The van der Waals surface area contributed by atoms with E-state index in [1.54, 1.807) is 18.4 Å². The predicted octanol–water partition coefficient (Wildman–Crippen LogP) is 2.24. The molecule has 0 fully saturated rings. The quantitative estimate of drug-likeness (QED) is 0.347. The van der Waals surface area contributed by atoms with Gasteiger partial charge < -0.3 is 10.1 Å². The number of hydrazone groups is 1. The molecule has 1 rings (SSSR count). The van der Waals surface area contributed by atoms with Crippen LogP contribution in [-0.2, 0) is 0 Å². The zero-order chi connectivity index (χ0) is 13.9.